The van der Waals surface area contributed by atoms with Crippen molar-refractivity contribution in [2.75, 3.05) is 19.7 Å². The zero-order valence-corrected chi connectivity index (χ0v) is 11.3. The van der Waals surface area contributed by atoms with Gasteiger partial charge in [-0.15, -0.1) is 0 Å². The third-order valence-electron chi connectivity index (χ3n) is 3.18. The summed E-state index contributed by atoms with van der Waals surface area (Å²) in [7, 11) is 0. The third-order valence-corrected chi connectivity index (χ3v) is 3.18. The van der Waals surface area contributed by atoms with Gasteiger partial charge >= 0.3 is 6.18 Å². The van der Waals surface area contributed by atoms with E-state index in [4.69, 9.17) is 4.74 Å². The lowest BCUT2D eigenvalue weighted by atomic mass is 10.00. The van der Waals surface area contributed by atoms with Crippen molar-refractivity contribution in [3.63, 3.8) is 0 Å². The van der Waals surface area contributed by atoms with Crippen molar-refractivity contribution in [1.29, 1.82) is 0 Å². The maximum absolute atomic E-state index is 12.5. The van der Waals surface area contributed by atoms with Gasteiger partial charge in [0.1, 0.15) is 18.9 Å². The quantitative estimate of drug-likeness (QED) is 0.836. The van der Waals surface area contributed by atoms with E-state index in [1.165, 1.54) is 0 Å². The van der Waals surface area contributed by atoms with Crippen molar-refractivity contribution in [2.45, 2.75) is 25.9 Å². The highest BCUT2D eigenvalue weighted by atomic mass is 19.4. The number of hydrogen-bond acceptors (Lipinski definition) is 2. The Hall–Kier alpha value is -1.72. The molecule has 1 heterocycles. The minimum atomic E-state index is -4.41. The second kappa shape index (κ2) is 5.34. The number of ether oxygens (including phenoxy) is 1. The summed E-state index contributed by atoms with van der Waals surface area (Å²) < 4.78 is 42.9. The average molecular weight is 287 g/mol. The molecule has 1 aromatic rings. The molecule has 0 radical (unpaired) electrons. The number of hydrogen-bond donors (Lipinski definition) is 0. The van der Waals surface area contributed by atoms with Crippen molar-refractivity contribution in [3.05, 3.63) is 29.3 Å². The fourth-order valence-electron chi connectivity index (χ4n) is 2.10. The SMILES string of the molecule is CC(C)c1ccc2c(c1)C(=O)N(CC(F)(F)F)CCO2. The zero-order chi connectivity index (χ0) is 14.9. The van der Waals surface area contributed by atoms with Crippen LogP contribution >= 0.6 is 0 Å². The third kappa shape index (κ3) is 3.23. The van der Waals surface area contributed by atoms with Crippen LogP contribution < -0.4 is 4.74 Å². The molecule has 0 bridgehead atoms. The van der Waals surface area contributed by atoms with E-state index in [2.05, 4.69) is 0 Å². The second-order valence-corrected chi connectivity index (χ2v) is 5.10. The van der Waals surface area contributed by atoms with Gasteiger partial charge in [-0.1, -0.05) is 19.9 Å². The molecule has 20 heavy (non-hydrogen) atoms. The van der Waals surface area contributed by atoms with E-state index in [1.807, 2.05) is 19.9 Å². The maximum atomic E-state index is 12.5. The number of carbonyl (C=O) groups excluding carboxylic acids is 1. The van der Waals surface area contributed by atoms with Crippen LogP contribution in [0.25, 0.3) is 0 Å². The molecule has 1 aliphatic heterocycles. The molecule has 0 atom stereocenters. The Morgan fingerprint density at radius 1 is 1.35 bits per heavy atom. The van der Waals surface area contributed by atoms with Crippen LogP contribution in [0.3, 0.4) is 0 Å². The standard InChI is InChI=1S/C14H16F3NO2/c1-9(2)10-3-4-12-11(7-10)13(19)18(5-6-20-12)8-14(15,16)17/h3-4,7,9H,5-6,8H2,1-2H3. The summed E-state index contributed by atoms with van der Waals surface area (Å²) in [5, 5.41) is 0. The van der Waals surface area contributed by atoms with E-state index in [0.717, 1.165) is 10.5 Å². The Morgan fingerprint density at radius 3 is 2.65 bits per heavy atom. The summed E-state index contributed by atoms with van der Waals surface area (Å²) in [4.78, 5) is 13.0. The molecule has 110 valence electrons. The van der Waals surface area contributed by atoms with E-state index in [1.54, 1.807) is 12.1 Å². The minimum Gasteiger partial charge on any atom is -0.491 e. The molecule has 6 heteroatoms. The van der Waals surface area contributed by atoms with E-state index >= 15 is 0 Å². The molecule has 0 saturated carbocycles. The van der Waals surface area contributed by atoms with Gasteiger partial charge in [0.2, 0.25) is 0 Å². The molecule has 2 rings (SSSR count). The average Bonchev–Trinajstić information content (AvgIpc) is 2.48. The highest BCUT2D eigenvalue weighted by Gasteiger charge is 2.35. The number of rotatable bonds is 2. The fourth-order valence-corrected chi connectivity index (χ4v) is 2.10. The minimum absolute atomic E-state index is 0.0653. The van der Waals surface area contributed by atoms with Gasteiger partial charge in [-0.3, -0.25) is 4.79 Å². The van der Waals surface area contributed by atoms with E-state index in [0.29, 0.717) is 5.75 Å². The lowest BCUT2D eigenvalue weighted by Gasteiger charge is -2.21. The molecule has 0 N–H and O–H groups in total. The first-order chi connectivity index (χ1) is 9.28. The number of carbonyl (C=O) groups is 1. The van der Waals surface area contributed by atoms with Crippen LogP contribution in [0.15, 0.2) is 18.2 Å². The molecule has 0 aromatic heterocycles. The monoisotopic (exact) mass is 287 g/mol. The van der Waals surface area contributed by atoms with Gasteiger partial charge in [0.15, 0.2) is 0 Å². The van der Waals surface area contributed by atoms with Crippen molar-refractivity contribution in [3.8, 4) is 5.75 Å². The van der Waals surface area contributed by atoms with Crippen molar-refractivity contribution < 1.29 is 22.7 Å². The predicted molar refractivity (Wildman–Crippen MR) is 68.0 cm³/mol. The molecule has 1 amide bonds. The van der Waals surface area contributed by atoms with Crippen molar-refractivity contribution >= 4 is 5.91 Å². The Morgan fingerprint density at radius 2 is 2.05 bits per heavy atom. The van der Waals surface area contributed by atoms with Crippen molar-refractivity contribution in [2.24, 2.45) is 0 Å². The topological polar surface area (TPSA) is 29.5 Å². The van der Waals surface area contributed by atoms with Gasteiger partial charge in [-0.05, 0) is 23.6 Å². The highest BCUT2D eigenvalue weighted by Crippen LogP contribution is 2.28. The Bertz CT molecular complexity index is 512. The molecule has 0 spiro atoms. The lowest BCUT2D eigenvalue weighted by Crippen LogP contribution is -2.39. The lowest BCUT2D eigenvalue weighted by molar-refractivity contribution is -0.140. The highest BCUT2D eigenvalue weighted by molar-refractivity contribution is 5.97. The van der Waals surface area contributed by atoms with Gasteiger partial charge in [-0.2, -0.15) is 13.2 Å². The summed E-state index contributed by atoms with van der Waals surface area (Å²) in [6.45, 7) is 2.66. The Kier molecular flexibility index (Phi) is 3.92. The van der Waals surface area contributed by atoms with Crippen LogP contribution in [-0.4, -0.2) is 36.7 Å². The number of alkyl halides is 3. The summed E-state index contributed by atoms with van der Waals surface area (Å²) >= 11 is 0. The summed E-state index contributed by atoms with van der Waals surface area (Å²) in [6.07, 6.45) is -4.41. The smallest absolute Gasteiger partial charge is 0.406 e. The van der Waals surface area contributed by atoms with E-state index in [-0.39, 0.29) is 24.6 Å². The molecule has 0 saturated heterocycles. The van der Waals surface area contributed by atoms with Crippen LogP contribution in [-0.2, 0) is 0 Å². The molecule has 1 aromatic carbocycles. The predicted octanol–water partition coefficient (Wildman–Crippen LogP) is 3.21. The Labute approximate surface area is 115 Å². The number of fused-ring (bicyclic) bond motifs is 1. The summed E-state index contributed by atoms with van der Waals surface area (Å²) in [5.74, 6) is -0.0891. The van der Waals surface area contributed by atoms with Crippen LogP contribution in [0.1, 0.15) is 35.7 Å². The summed E-state index contributed by atoms with van der Waals surface area (Å²) in [6, 6.07) is 5.10. The molecule has 3 nitrogen and oxygen atoms in total. The molecular formula is C14H16F3NO2. The van der Waals surface area contributed by atoms with Gasteiger partial charge in [0.05, 0.1) is 12.1 Å². The first-order valence-corrected chi connectivity index (χ1v) is 6.40. The van der Waals surface area contributed by atoms with Crippen LogP contribution in [0.4, 0.5) is 13.2 Å². The molecule has 0 fully saturated rings. The molecule has 1 aliphatic rings. The number of benzene rings is 1. The van der Waals surface area contributed by atoms with Crippen molar-refractivity contribution in [1.82, 2.24) is 4.90 Å². The van der Waals surface area contributed by atoms with Crippen LogP contribution in [0.2, 0.25) is 0 Å². The Balaban J connectivity index is 2.34. The first kappa shape index (κ1) is 14.7. The normalized spacial score (nSPS) is 15.9. The van der Waals surface area contributed by atoms with Crippen LogP contribution in [0, 0.1) is 0 Å². The van der Waals surface area contributed by atoms with Gasteiger partial charge in [0, 0.05) is 0 Å². The number of halogens is 3. The molecule has 0 aliphatic carbocycles. The van der Waals surface area contributed by atoms with E-state index in [9.17, 15) is 18.0 Å². The zero-order valence-electron chi connectivity index (χ0n) is 11.3. The summed E-state index contributed by atoms with van der Waals surface area (Å²) in [5.41, 5.74) is 1.10. The molecule has 0 unspecified atom stereocenters. The van der Waals surface area contributed by atoms with Crippen LogP contribution in [0.5, 0.6) is 5.75 Å². The molecular weight excluding hydrogens is 271 g/mol. The number of amides is 1. The second-order valence-electron chi connectivity index (χ2n) is 5.10. The largest absolute Gasteiger partial charge is 0.491 e. The van der Waals surface area contributed by atoms with Gasteiger partial charge in [-0.25, -0.2) is 0 Å². The first-order valence-electron chi connectivity index (χ1n) is 6.40. The van der Waals surface area contributed by atoms with E-state index < -0.39 is 18.6 Å². The number of nitrogens with zero attached hydrogens (tertiary/aromatic N) is 1. The fraction of sp³-hybridized carbons (Fsp3) is 0.500. The van der Waals surface area contributed by atoms with Gasteiger partial charge in [0.25, 0.3) is 5.91 Å². The van der Waals surface area contributed by atoms with Gasteiger partial charge < -0.3 is 9.64 Å². The maximum Gasteiger partial charge on any atom is 0.406 e.